The number of carbonyl (C=O) groups is 2. The van der Waals surface area contributed by atoms with Gasteiger partial charge in [0.25, 0.3) is 0 Å². The molecule has 2 aromatic heterocycles. The summed E-state index contributed by atoms with van der Waals surface area (Å²) in [5, 5.41) is 16.8. The monoisotopic (exact) mass is 372 g/mol. The van der Waals surface area contributed by atoms with Crippen LogP contribution in [0.1, 0.15) is 48.7 Å². The Hall–Kier alpha value is -2.84. The molecule has 27 heavy (non-hydrogen) atoms. The molecular formula is C18H24N6O3. The summed E-state index contributed by atoms with van der Waals surface area (Å²) in [6.07, 6.45) is 6.07. The van der Waals surface area contributed by atoms with E-state index in [0.717, 1.165) is 25.0 Å². The summed E-state index contributed by atoms with van der Waals surface area (Å²) in [5.41, 5.74) is 2.21. The first-order valence-corrected chi connectivity index (χ1v) is 9.42. The van der Waals surface area contributed by atoms with E-state index in [2.05, 4.69) is 26.0 Å². The van der Waals surface area contributed by atoms with E-state index in [1.54, 1.807) is 17.9 Å². The minimum Gasteiger partial charge on any atom is -0.360 e. The van der Waals surface area contributed by atoms with Gasteiger partial charge in [-0.15, -0.1) is 0 Å². The van der Waals surface area contributed by atoms with Gasteiger partial charge in [0.1, 0.15) is 5.76 Å². The number of nitrogens with zero attached hydrogens (tertiary/aromatic N) is 3. The van der Waals surface area contributed by atoms with E-state index in [9.17, 15) is 9.59 Å². The third-order valence-electron chi connectivity index (χ3n) is 5.37. The highest BCUT2D eigenvalue weighted by Gasteiger charge is 2.30. The van der Waals surface area contributed by atoms with Crippen LogP contribution in [0.4, 0.5) is 10.6 Å². The molecule has 9 heteroatoms. The second-order valence-corrected chi connectivity index (χ2v) is 7.28. The molecule has 2 aliphatic rings. The van der Waals surface area contributed by atoms with E-state index < -0.39 is 0 Å². The van der Waals surface area contributed by atoms with Crippen LogP contribution < -0.4 is 10.6 Å². The molecule has 0 radical (unpaired) electrons. The Morgan fingerprint density at radius 1 is 1.30 bits per heavy atom. The van der Waals surface area contributed by atoms with E-state index in [4.69, 9.17) is 4.52 Å². The van der Waals surface area contributed by atoms with Crippen LogP contribution in [0.25, 0.3) is 0 Å². The molecule has 1 saturated heterocycles. The highest BCUT2D eigenvalue weighted by Crippen LogP contribution is 2.28. The van der Waals surface area contributed by atoms with Crippen LogP contribution in [0.15, 0.2) is 16.8 Å². The molecule has 0 spiro atoms. The number of nitrogens with one attached hydrogen (secondary N) is 3. The molecule has 3 N–H and O–H groups in total. The Morgan fingerprint density at radius 2 is 2.11 bits per heavy atom. The predicted octanol–water partition coefficient (Wildman–Crippen LogP) is 2.14. The third-order valence-corrected chi connectivity index (χ3v) is 5.37. The molecule has 1 fully saturated rings. The van der Waals surface area contributed by atoms with E-state index in [1.165, 1.54) is 5.56 Å². The van der Waals surface area contributed by atoms with Crippen molar-refractivity contribution >= 4 is 17.8 Å². The van der Waals surface area contributed by atoms with Crippen LogP contribution in [0.5, 0.6) is 0 Å². The first-order chi connectivity index (χ1) is 13.1. The summed E-state index contributed by atoms with van der Waals surface area (Å²) < 4.78 is 4.96. The molecule has 1 aliphatic carbocycles. The Balaban J connectivity index is 1.28. The molecule has 1 unspecified atom stereocenters. The normalized spacial score (nSPS) is 20.2. The summed E-state index contributed by atoms with van der Waals surface area (Å²) in [4.78, 5) is 26.8. The van der Waals surface area contributed by atoms with Crippen molar-refractivity contribution in [2.24, 2.45) is 5.92 Å². The lowest BCUT2D eigenvalue weighted by atomic mass is 9.93. The van der Waals surface area contributed by atoms with Gasteiger partial charge >= 0.3 is 6.03 Å². The molecule has 1 atom stereocenters. The van der Waals surface area contributed by atoms with Gasteiger partial charge in [0.2, 0.25) is 5.91 Å². The SMILES string of the molecule is Cc1cc(NC(=O)C2CCN(C(=O)NC3CCCc4cn[nH]c43)CC2)no1. The van der Waals surface area contributed by atoms with Gasteiger partial charge in [-0.25, -0.2) is 4.79 Å². The van der Waals surface area contributed by atoms with Crippen molar-refractivity contribution in [3.8, 4) is 0 Å². The molecule has 9 nitrogen and oxygen atoms in total. The minimum atomic E-state index is -0.125. The zero-order valence-corrected chi connectivity index (χ0v) is 15.3. The van der Waals surface area contributed by atoms with Crippen molar-refractivity contribution in [3.63, 3.8) is 0 Å². The van der Waals surface area contributed by atoms with E-state index >= 15 is 0 Å². The summed E-state index contributed by atoms with van der Waals surface area (Å²) in [5.74, 6) is 0.892. The van der Waals surface area contributed by atoms with Crippen LogP contribution in [0.3, 0.4) is 0 Å². The number of anilines is 1. The highest BCUT2D eigenvalue weighted by atomic mass is 16.5. The standard InChI is InChI=1S/C18H24N6O3/c1-11-9-15(23-27-11)21-17(25)12-5-7-24(8-6-12)18(26)20-14-4-2-3-13-10-19-22-16(13)14/h9-10,12,14H,2-8H2,1H3,(H,19,22)(H,20,26)(H,21,23,25). The maximum absolute atomic E-state index is 12.6. The number of likely N-dealkylation sites (tertiary alicyclic amines) is 1. The molecule has 144 valence electrons. The van der Waals surface area contributed by atoms with Crippen LogP contribution in [-0.4, -0.2) is 45.3 Å². The minimum absolute atomic E-state index is 0.0137. The average molecular weight is 372 g/mol. The maximum Gasteiger partial charge on any atom is 0.317 e. The number of hydrogen-bond donors (Lipinski definition) is 3. The molecule has 2 aromatic rings. The fourth-order valence-corrected chi connectivity index (χ4v) is 3.85. The predicted molar refractivity (Wildman–Crippen MR) is 97.0 cm³/mol. The Morgan fingerprint density at radius 3 is 2.85 bits per heavy atom. The number of aryl methyl sites for hydroxylation is 2. The van der Waals surface area contributed by atoms with Gasteiger partial charge in [-0.3, -0.25) is 9.89 Å². The zero-order chi connectivity index (χ0) is 18.8. The van der Waals surface area contributed by atoms with Gasteiger partial charge in [0.15, 0.2) is 5.82 Å². The van der Waals surface area contributed by atoms with Gasteiger partial charge in [-0.05, 0) is 44.6 Å². The lowest BCUT2D eigenvalue weighted by molar-refractivity contribution is -0.121. The second-order valence-electron chi connectivity index (χ2n) is 7.28. The topological polar surface area (TPSA) is 116 Å². The lowest BCUT2D eigenvalue weighted by Crippen LogP contribution is -2.47. The van der Waals surface area contributed by atoms with Crippen molar-refractivity contribution < 1.29 is 14.1 Å². The number of aromatic nitrogens is 3. The molecule has 3 heterocycles. The number of H-pyrrole nitrogens is 1. The largest absolute Gasteiger partial charge is 0.360 e. The average Bonchev–Trinajstić information content (AvgIpc) is 3.31. The van der Waals surface area contributed by atoms with Crippen molar-refractivity contribution in [1.29, 1.82) is 0 Å². The summed E-state index contributed by atoms with van der Waals surface area (Å²) in [6, 6.07) is 1.60. The third kappa shape index (κ3) is 3.81. The number of carbonyl (C=O) groups excluding carboxylic acids is 2. The number of fused-ring (bicyclic) bond motifs is 1. The highest BCUT2D eigenvalue weighted by molar-refractivity contribution is 5.91. The second kappa shape index (κ2) is 7.42. The number of aromatic amines is 1. The van der Waals surface area contributed by atoms with Crippen molar-refractivity contribution in [2.75, 3.05) is 18.4 Å². The lowest BCUT2D eigenvalue weighted by Gasteiger charge is -2.33. The van der Waals surface area contributed by atoms with E-state index in [-0.39, 0.29) is 23.9 Å². The van der Waals surface area contributed by atoms with E-state index in [0.29, 0.717) is 37.5 Å². The van der Waals surface area contributed by atoms with Crippen molar-refractivity contribution in [1.82, 2.24) is 25.6 Å². The van der Waals surface area contributed by atoms with Gasteiger partial charge in [0, 0.05) is 25.1 Å². The van der Waals surface area contributed by atoms with Gasteiger partial charge < -0.3 is 20.1 Å². The van der Waals surface area contributed by atoms with Crippen LogP contribution in [0.2, 0.25) is 0 Å². The fraction of sp³-hybridized carbons (Fsp3) is 0.556. The van der Waals surface area contributed by atoms with E-state index in [1.807, 2.05) is 6.20 Å². The first kappa shape index (κ1) is 17.6. The molecular weight excluding hydrogens is 348 g/mol. The van der Waals surface area contributed by atoms with Crippen LogP contribution in [0, 0.1) is 12.8 Å². The van der Waals surface area contributed by atoms with Crippen LogP contribution in [-0.2, 0) is 11.2 Å². The molecule has 0 bridgehead atoms. The number of piperidine rings is 1. The number of hydrogen-bond acceptors (Lipinski definition) is 5. The van der Waals surface area contributed by atoms with Crippen LogP contribution >= 0.6 is 0 Å². The first-order valence-electron chi connectivity index (χ1n) is 9.42. The Labute approximate surface area is 156 Å². The molecule has 0 saturated carbocycles. The van der Waals surface area contributed by atoms with Gasteiger partial charge in [-0.1, -0.05) is 5.16 Å². The Kier molecular flexibility index (Phi) is 4.83. The van der Waals surface area contributed by atoms with Gasteiger partial charge in [0.05, 0.1) is 17.9 Å². The molecule has 3 amide bonds. The Bertz CT molecular complexity index is 821. The summed E-state index contributed by atoms with van der Waals surface area (Å²) in [7, 11) is 0. The fourth-order valence-electron chi connectivity index (χ4n) is 3.85. The summed E-state index contributed by atoms with van der Waals surface area (Å²) in [6.45, 7) is 2.90. The van der Waals surface area contributed by atoms with Crippen molar-refractivity contribution in [3.05, 3.63) is 29.3 Å². The molecule has 0 aromatic carbocycles. The maximum atomic E-state index is 12.6. The molecule has 4 rings (SSSR count). The quantitative estimate of drug-likeness (QED) is 0.763. The van der Waals surface area contributed by atoms with Crippen molar-refractivity contribution in [2.45, 2.75) is 45.1 Å². The zero-order valence-electron chi connectivity index (χ0n) is 15.3. The number of amides is 3. The number of rotatable bonds is 3. The smallest absolute Gasteiger partial charge is 0.317 e. The van der Waals surface area contributed by atoms with Gasteiger partial charge in [-0.2, -0.15) is 5.10 Å². The summed E-state index contributed by atoms with van der Waals surface area (Å²) >= 11 is 0. The number of urea groups is 1. The molecule has 1 aliphatic heterocycles.